The van der Waals surface area contributed by atoms with E-state index in [1.807, 2.05) is 4.72 Å². The molecule has 17 heavy (non-hydrogen) atoms. The first kappa shape index (κ1) is 13.4. The van der Waals surface area contributed by atoms with Crippen LogP contribution in [0.4, 0.5) is 14.5 Å². The Morgan fingerprint density at radius 3 is 2.35 bits per heavy atom. The average molecular weight is 260 g/mol. The Labute approximate surface area is 97.9 Å². The first-order chi connectivity index (χ1) is 7.88. The van der Waals surface area contributed by atoms with Gasteiger partial charge in [-0.3, -0.25) is 0 Å². The number of nitrogens with one attached hydrogen (secondary N) is 1. The van der Waals surface area contributed by atoms with Crippen molar-refractivity contribution in [3.63, 3.8) is 0 Å². The Morgan fingerprint density at radius 1 is 1.35 bits per heavy atom. The average Bonchev–Trinajstić information content (AvgIpc) is 2.15. The highest BCUT2D eigenvalue weighted by Gasteiger charge is 2.23. The predicted octanol–water partition coefficient (Wildman–Crippen LogP) is 0.849. The van der Waals surface area contributed by atoms with Crippen molar-refractivity contribution in [3.8, 4) is 12.3 Å². The smallest absolute Gasteiger partial charge is 0.246 e. The van der Waals surface area contributed by atoms with Gasteiger partial charge >= 0.3 is 0 Å². The molecular weight excluding hydrogens is 250 g/mol. The molecule has 0 aliphatic carbocycles. The Balaban J connectivity index is 3.12. The van der Waals surface area contributed by atoms with E-state index in [0.29, 0.717) is 0 Å². The van der Waals surface area contributed by atoms with Crippen LogP contribution >= 0.6 is 0 Å². The van der Waals surface area contributed by atoms with Crippen LogP contribution in [0.15, 0.2) is 17.0 Å². The SMILES string of the molecule is C#CCCNS(=O)(=O)c1c(F)cc(N)cc1F. The number of nitrogens with two attached hydrogens (primary N) is 1. The molecule has 0 spiro atoms. The van der Waals surface area contributed by atoms with Gasteiger partial charge in [0.15, 0.2) is 4.90 Å². The van der Waals surface area contributed by atoms with Gasteiger partial charge in [-0.1, -0.05) is 0 Å². The van der Waals surface area contributed by atoms with E-state index in [9.17, 15) is 17.2 Å². The summed E-state index contributed by atoms with van der Waals surface area (Å²) in [4.78, 5) is -1.05. The maximum Gasteiger partial charge on any atom is 0.246 e. The lowest BCUT2D eigenvalue weighted by atomic mass is 10.3. The van der Waals surface area contributed by atoms with Crippen LogP contribution in [0.5, 0.6) is 0 Å². The van der Waals surface area contributed by atoms with Gasteiger partial charge in [-0.25, -0.2) is 21.9 Å². The van der Waals surface area contributed by atoms with Crippen molar-refractivity contribution in [1.29, 1.82) is 0 Å². The maximum atomic E-state index is 13.3. The number of terminal acetylenes is 1. The molecule has 4 nitrogen and oxygen atoms in total. The third-order valence-corrected chi connectivity index (χ3v) is 3.36. The lowest BCUT2D eigenvalue weighted by molar-refractivity contribution is 0.515. The Hall–Kier alpha value is -1.65. The summed E-state index contributed by atoms with van der Waals surface area (Å²) in [6.07, 6.45) is 5.05. The zero-order valence-electron chi connectivity index (χ0n) is 8.70. The standard InChI is InChI=1S/C10H10F2N2O2S/c1-2-3-4-14-17(15,16)10-8(11)5-7(13)6-9(10)12/h1,5-6,14H,3-4,13H2. The number of anilines is 1. The zero-order valence-corrected chi connectivity index (χ0v) is 9.52. The number of hydrogen-bond donors (Lipinski definition) is 2. The number of rotatable bonds is 4. The van der Waals surface area contributed by atoms with Gasteiger partial charge in [-0.15, -0.1) is 12.3 Å². The number of benzene rings is 1. The first-order valence-electron chi connectivity index (χ1n) is 4.56. The summed E-state index contributed by atoms with van der Waals surface area (Å²) in [5.74, 6) is -0.285. The molecule has 0 saturated carbocycles. The van der Waals surface area contributed by atoms with E-state index in [1.165, 1.54) is 0 Å². The topological polar surface area (TPSA) is 72.2 Å². The molecule has 0 fully saturated rings. The summed E-state index contributed by atoms with van der Waals surface area (Å²) in [5, 5.41) is 0. The van der Waals surface area contributed by atoms with Crippen LogP contribution in [0.2, 0.25) is 0 Å². The van der Waals surface area contributed by atoms with Gasteiger partial charge in [0.2, 0.25) is 10.0 Å². The van der Waals surface area contributed by atoms with Crippen LogP contribution < -0.4 is 10.5 Å². The second-order valence-corrected chi connectivity index (χ2v) is 4.87. The highest BCUT2D eigenvalue weighted by atomic mass is 32.2. The van der Waals surface area contributed by atoms with Gasteiger partial charge in [0.1, 0.15) is 11.6 Å². The molecule has 3 N–H and O–H groups in total. The van der Waals surface area contributed by atoms with Crippen LogP contribution in [0, 0.1) is 24.0 Å². The molecule has 0 bridgehead atoms. The van der Waals surface area contributed by atoms with Gasteiger partial charge in [0.05, 0.1) is 0 Å². The third kappa shape index (κ3) is 3.15. The van der Waals surface area contributed by atoms with Crippen molar-refractivity contribution in [3.05, 3.63) is 23.8 Å². The largest absolute Gasteiger partial charge is 0.399 e. The van der Waals surface area contributed by atoms with Gasteiger partial charge < -0.3 is 5.73 Å². The molecule has 1 aromatic carbocycles. The lowest BCUT2D eigenvalue weighted by Gasteiger charge is -2.08. The highest BCUT2D eigenvalue weighted by molar-refractivity contribution is 7.89. The summed E-state index contributed by atoms with van der Waals surface area (Å²) < 4.78 is 51.8. The maximum absolute atomic E-state index is 13.3. The van der Waals surface area contributed by atoms with Crippen LogP contribution in [-0.4, -0.2) is 15.0 Å². The molecule has 0 amide bonds. The van der Waals surface area contributed by atoms with E-state index >= 15 is 0 Å². The molecule has 1 rings (SSSR count). The Bertz CT molecular complexity index is 541. The molecular formula is C10H10F2N2O2S. The number of halogens is 2. The van der Waals surface area contributed by atoms with Crippen molar-refractivity contribution >= 4 is 15.7 Å². The number of nitrogen functional groups attached to an aromatic ring is 1. The van der Waals surface area contributed by atoms with E-state index in [0.717, 1.165) is 12.1 Å². The molecule has 0 heterocycles. The monoisotopic (exact) mass is 260 g/mol. The zero-order chi connectivity index (χ0) is 13.1. The normalized spacial score (nSPS) is 11.1. The highest BCUT2D eigenvalue weighted by Crippen LogP contribution is 2.21. The van der Waals surface area contributed by atoms with Crippen LogP contribution in [0.1, 0.15) is 6.42 Å². The summed E-state index contributed by atoms with van der Waals surface area (Å²) in [5.41, 5.74) is 4.98. The van der Waals surface area contributed by atoms with Crippen LogP contribution in [-0.2, 0) is 10.0 Å². The third-order valence-electron chi connectivity index (χ3n) is 1.85. The number of sulfonamides is 1. The fourth-order valence-electron chi connectivity index (χ4n) is 1.17. The van der Waals surface area contributed by atoms with E-state index < -0.39 is 26.6 Å². The fraction of sp³-hybridized carbons (Fsp3) is 0.200. The van der Waals surface area contributed by atoms with Gasteiger partial charge in [0.25, 0.3) is 0 Å². The summed E-state index contributed by atoms with van der Waals surface area (Å²) in [7, 11) is -4.26. The van der Waals surface area contributed by atoms with Crippen LogP contribution in [0.25, 0.3) is 0 Å². The molecule has 0 radical (unpaired) electrons. The quantitative estimate of drug-likeness (QED) is 0.479. The molecule has 92 valence electrons. The molecule has 0 atom stereocenters. The van der Waals surface area contributed by atoms with Crippen molar-refractivity contribution < 1.29 is 17.2 Å². The predicted molar refractivity (Wildman–Crippen MR) is 59.4 cm³/mol. The van der Waals surface area contributed by atoms with Crippen molar-refractivity contribution in [1.82, 2.24) is 4.72 Å². The van der Waals surface area contributed by atoms with Gasteiger partial charge in [-0.2, -0.15) is 0 Å². The van der Waals surface area contributed by atoms with Crippen molar-refractivity contribution in [2.75, 3.05) is 12.3 Å². The summed E-state index contributed by atoms with van der Waals surface area (Å²) in [6.45, 7) is -0.0951. The van der Waals surface area contributed by atoms with Crippen molar-refractivity contribution in [2.45, 2.75) is 11.3 Å². The second-order valence-electron chi connectivity index (χ2n) is 3.17. The Kier molecular flexibility index (Phi) is 4.04. The molecule has 0 aliphatic heterocycles. The van der Waals surface area contributed by atoms with E-state index in [1.54, 1.807) is 0 Å². The van der Waals surface area contributed by atoms with E-state index in [-0.39, 0.29) is 18.7 Å². The van der Waals surface area contributed by atoms with Gasteiger partial charge in [0, 0.05) is 18.7 Å². The number of hydrogen-bond acceptors (Lipinski definition) is 3. The fourth-order valence-corrected chi connectivity index (χ4v) is 2.31. The van der Waals surface area contributed by atoms with Crippen molar-refractivity contribution in [2.24, 2.45) is 0 Å². The minimum Gasteiger partial charge on any atom is -0.399 e. The minimum absolute atomic E-state index is 0.0951. The molecule has 0 unspecified atom stereocenters. The van der Waals surface area contributed by atoms with Crippen LogP contribution in [0.3, 0.4) is 0 Å². The summed E-state index contributed by atoms with van der Waals surface area (Å²) in [6, 6.07) is 1.47. The second kappa shape index (κ2) is 5.12. The molecule has 7 heteroatoms. The molecule has 0 saturated heterocycles. The van der Waals surface area contributed by atoms with E-state index in [2.05, 4.69) is 5.92 Å². The Morgan fingerprint density at radius 2 is 1.88 bits per heavy atom. The molecule has 1 aromatic rings. The molecule has 0 aliphatic rings. The minimum atomic E-state index is -4.26. The molecule has 0 aromatic heterocycles. The summed E-state index contributed by atoms with van der Waals surface area (Å²) >= 11 is 0. The lowest BCUT2D eigenvalue weighted by Crippen LogP contribution is -2.26. The van der Waals surface area contributed by atoms with E-state index in [4.69, 9.17) is 12.2 Å². The first-order valence-corrected chi connectivity index (χ1v) is 6.04. The van der Waals surface area contributed by atoms with Gasteiger partial charge in [-0.05, 0) is 12.1 Å².